The van der Waals surface area contributed by atoms with Crippen molar-refractivity contribution in [2.24, 2.45) is 0 Å². The molecule has 108 valence electrons. The van der Waals surface area contributed by atoms with Crippen LogP contribution in [-0.2, 0) is 9.53 Å². The van der Waals surface area contributed by atoms with Crippen LogP contribution in [0.5, 0.6) is 0 Å². The van der Waals surface area contributed by atoms with Gasteiger partial charge >= 0.3 is 5.97 Å². The number of aromatic carboxylic acids is 1. The molecule has 1 fully saturated rings. The maximum absolute atomic E-state index is 12.0. The second kappa shape index (κ2) is 6.02. The van der Waals surface area contributed by atoms with Crippen LogP contribution in [0.15, 0.2) is 12.1 Å². The SMILES string of the molecule is Cc1cc(NC(=O)C2CNCCO2)cc(C(=O)O)c1C. The summed E-state index contributed by atoms with van der Waals surface area (Å²) in [6, 6.07) is 3.23. The molecule has 0 spiro atoms. The zero-order valence-electron chi connectivity index (χ0n) is 11.5. The molecule has 1 aliphatic heterocycles. The molecule has 1 aromatic carbocycles. The van der Waals surface area contributed by atoms with Gasteiger partial charge in [0.05, 0.1) is 12.2 Å². The number of carbonyl (C=O) groups excluding carboxylic acids is 1. The third kappa shape index (κ3) is 3.15. The van der Waals surface area contributed by atoms with E-state index >= 15 is 0 Å². The molecule has 1 atom stereocenters. The van der Waals surface area contributed by atoms with Gasteiger partial charge in [0.15, 0.2) is 0 Å². The Balaban J connectivity index is 2.16. The van der Waals surface area contributed by atoms with Crippen molar-refractivity contribution in [2.75, 3.05) is 25.0 Å². The van der Waals surface area contributed by atoms with Crippen molar-refractivity contribution in [1.29, 1.82) is 0 Å². The maximum Gasteiger partial charge on any atom is 0.336 e. The molecule has 0 aromatic heterocycles. The van der Waals surface area contributed by atoms with Crippen LogP contribution in [0.2, 0.25) is 0 Å². The Labute approximate surface area is 117 Å². The number of carbonyl (C=O) groups is 2. The molecule has 0 saturated carbocycles. The highest BCUT2D eigenvalue weighted by atomic mass is 16.5. The number of hydrogen-bond acceptors (Lipinski definition) is 4. The average Bonchev–Trinajstić information content (AvgIpc) is 2.43. The lowest BCUT2D eigenvalue weighted by molar-refractivity contribution is -0.128. The molecule has 1 aliphatic rings. The second-order valence-corrected chi connectivity index (χ2v) is 4.82. The van der Waals surface area contributed by atoms with Crippen LogP contribution in [-0.4, -0.2) is 42.8 Å². The molecule has 6 heteroatoms. The third-order valence-electron chi connectivity index (χ3n) is 3.39. The minimum absolute atomic E-state index is 0.197. The molecule has 1 aromatic rings. The van der Waals surface area contributed by atoms with Crippen LogP contribution in [0.3, 0.4) is 0 Å². The van der Waals surface area contributed by atoms with Gasteiger partial charge in [0.2, 0.25) is 0 Å². The number of ether oxygens (including phenoxy) is 1. The van der Waals surface area contributed by atoms with E-state index < -0.39 is 12.1 Å². The number of hydrogen-bond donors (Lipinski definition) is 3. The summed E-state index contributed by atoms with van der Waals surface area (Å²) in [5.41, 5.74) is 2.20. The van der Waals surface area contributed by atoms with E-state index in [1.165, 1.54) is 6.07 Å². The first kappa shape index (κ1) is 14.5. The normalized spacial score (nSPS) is 18.6. The highest BCUT2D eigenvalue weighted by Crippen LogP contribution is 2.20. The van der Waals surface area contributed by atoms with Crippen molar-refractivity contribution in [3.05, 3.63) is 28.8 Å². The number of carboxylic acid groups (broad SMARTS) is 1. The third-order valence-corrected chi connectivity index (χ3v) is 3.39. The number of amides is 1. The maximum atomic E-state index is 12.0. The fraction of sp³-hybridized carbons (Fsp3) is 0.429. The smallest absolute Gasteiger partial charge is 0.336 e. The van der Waals surface area contributed by atoms with Crippen LogP contribution in [0.1, 0.15) is 21.5 Å². The van der Waals surface area contributed by atoms with E-state index in [1.807, 2.05) is 6.92 Å². The summed E-state index contributed by atoms with van der Waals surface area (Å²) in [6.45, 7) is 5.25. The van der Waals surface area contributed by atoms with Crippen LogP contribution < -0.4 is 10.6 Å². The summed E-state index contributed by atoms with van der Waals surface area (Å²) in [7, 11) is 0. The largest absolute Gasteiger partial charge is 0.478 e. The summed E-state index contributed by atoms with van der Waals surface area (Å²) >= 11 is 0. The molecule has 20 heavy (non-hydrogen) atoms. The lowest BCUT2D eigenvalue weighted by Crippen LogP contribution is -2.45. The fourth-order valence-corrected chi connectivity index (χ4v) is 2.11. The molecule has 0 bridgehead atoms. The van der Waals surface area contributed by atoms with Gasteiger partial charge < -0.3 is 20.5 Å². The standard InChI is InChI=1S/C14H18N2O4/c1-8-5-10(6-11(9(8)2)14(18)19)16-13(17)12-7-15-3-4-20-12/h5-6,12,15H,3-4,7H2,1-2H3,(H,16,17)(H,18,19). The van der Waals surface area contributed by atoms with Crippen LogP contribution in [0.4, 0.5) is 5.69 Å². The zero-order valence-corrected chi connectivity index (χ0v) is 11.5. The molecule has 1 saturated heterocycles. The van der Waals surface area contributed by atoms with Crippen molar-refractivity contribution in [1.82, 2.24) is 5.32 Å². The summed E-state index contributed by atoms with van der Waals surface area (Å²) in [5, 5.41) is 14.9. The fourth-order valence-electron chi connectivity index (χ4n) is 2.11. The number of nitrogens with one attached hydrogen (secondary N) is 2. The Kier molecular flexibility index (Phi) is 4.36. The van der Waals surface area contributed by atoms with Gasteiger partial charge in [-0.2, -0.15) is 0 Å². The van der Waals surface area contributed by atoms with Crippen LogP contribution in [0.25, 0.3) is 0 Å². The van der Waals surface area contributed by atoms with Crippen LogP contribution in [0, 0.1) is 13.8 Å². The van der Waals surface area contributed by atoms with Gasteiger partial charge in [-0.1, -0.05) is 0 Å². The molecular weight excluding hydrogens is 260 g/mol. The Bertz CT molecular complexity index is 536. The molecule has 6 nitrogen and oxygen atoms in total. The van der Waals surface area contributed by atoms with E-state index in [9.17, 15) is 9.59 Å². The molecule has 1 amide bonds. The number of carboxylic acids is 1. The van der Waals surface area contributed by atoms with Crippen molar-refractivity contribution in [2.45, 2.75) is 20.0 Å². The lowest BCUT2D eigenvalue weighted by atomic mass is 10.0. The summed E-state index contributed by atoms with van der Waals surface area (Å²) in [4.78, 5) is 23.2. The summed E-state index contributed by atoms with van der Waals surface area (Å²) in [6.07, 6.45) is -0.543. The number of anilines is 1. The molecule has 1 heterocycles. The number of morpholine rings is 1. The van der Waals surface area contributed by atoms with Gasteiger partial charge in [-0.3, -0.25) is 4.79 Å². The van der Waals surface area contributed by atoms with Crippen LogP contribution >= 0.6 is 0 Å². The highest BCUT2D eigenvalue weighted by molar-refractivity contribution is 5.97. The Morgan fingerprint density at radius 1 is 1.40 bits per heavy atom. The minimum atomic E-state index is -1.00. The number of rotatable bonds is 3. The molecule has 3 N–H and O–H groups in total. The van der Waals surface area contributed by atoms with Crippen molar-refractivity contribution in [3.63, 3.8) is 0 Å². The first-order chi connectivity index (χ1) is 9.49. The monoisotopic (exact) mass is 278 g/mol. The van der Waals surface area contributed by atoms with Gasteiger partial charge in [-0.05, 0) is 37.1 Å². The first-order valence-corrected chi connectivity index (χ1v) is 6.46. The van der Waals surface area contributed by atoms with E-state index in [1.54, 1.807) is 13.0 Å². The summed E-state index contributed by atoms with van der Waals surface area (Å²) < 4.78 is 5.35. The van der Waals surface area contributed by atoms with Gasteiger partial charge in [-0.15, -0.1) is 0 Å². The molecule has 2 rings (SSSR count). The van der Waals surface area contributed by atoms with Gasteiger partial charge in [0, 0.05) is 18.8 Å². The van der Waals surface area contributed by atoms with E-state index in [2.05, 4.69) is 10.6 Å². The van der Waals surface area contributed by atoms with Gasteiger partial charge in [0.1, 0.15) is 6.10 Å². The zero-order chi connectivity index (χ0) is 14.7. The van der Waals surface area contributed by atoms with E-state index in [0.29, 0.717) is 24.4 Å². The van der Waals surface area contributed by atoms with E-state index in [0.717, 1.165) is 12.1 Å². The lowest BCUT2D eigenvalue weighted by Gasteiger charge is -2.23. The summed E-state index contributed by atoms with van der Waals surface area (Å²) in [5.74, 6) is -1.27. The predicted octanol–water partition coefficient (Wildman–Crippen LogP) is 0.929. The molecular formula is C14H18N2O4. The topological polar surface area (TPSA) is 87.7 Å². The minimum Gasteiger partial charge on any atom is -0.478 e. The molecule has 0 aliphatic carbocycles. The predicted molar refractivity (Wildman–Crippen MR) is 74.1 cm³/mol. The van der Waals surface area contributed by atoms with E-state index in [4.69, 9.17) is 9.84 Å². The highest BCUT2D eigenvalue weighted by Gasteiger charge is 2.22. The molecule has 1 unspecified atom stereocenters. The number of aryl methyl sites for hydroxylation is 1. The van der Waals surface area contributed by atoms with Gasteiger partial charge in [0.25, 0.3) is 5.91 Å². The quantitative estimate of drug-likeness (QED) is 0.765. The van der Waals surface area contributed by atoms with Crippen molar-refractivity contribution >= 4 is 17.6 Å². The van der Waals surface area contributed by atoms with Gasteiger partial charge in [-0.25, -0.2) is 4.79 Å². The Morgan fingerprint density at radius 3 is 2.75 bits per heavy atom. The Hall–Kier alpha value is -1.92. The average molecular weight is 278 g/mol. The number of benzene rings is 1. The van der Waals surface area contributed by atoms with Crippen molar-refractivity contribution < 1.29 is 19.4 Å². The van der Waals surface area contributed by atoms with Crippen molar-refractivity contribution in [3.8, 4) is 0 Å². The first-order valence-electron chi connectivity index (χ1n) is 6.46. The second-order valence-electron chi connectivity index (χ2n) is 4.82. The molecule has 0 radical (unpaired) electrons. The van der Waals surface area contributed by atoms with E-state index in [-0.39, 0.29) is 11.5 Å². The Morgan fingerprint density at radius 2 is 2.15 bits per heavy atom.